The van der Waals surface area contributed by atoms with Gasteiger partial charge in [-0.1, -0.05) is 38.5 Å². The normalized spacial score (nSPS) is 28.5. The minimum atomic E-state index is -0.698. The Morgan fingerprint density at radius 2 is 1.24 bits per heavy atom. The molecule has 222 valence electrons. The lowest BCUT2D eigenvalue weighted by molar-refractivity contribution is -0.151. The summed E-state index contributed by atoms with van der Waals surface area (Å²) < 4.78 is 0. The van der Waals surface area contributed by atoms with Gasteiger partial charge >= 0.3 is 5.97 Å². The van der Waals surface area contributed by atoms with E-state index in [0.29, 0.717) is 23.7 Å². The van der Waals surface area contributed by atoms with Crippen molar-refractivity contribution in [1.82, 2.24) is 4.90 Å². The van der Waals surface area contributed by atoms with Crippen LogP contribution in [0.15, 0.2) is 0 Å². The zero-order valence-electron chi connectivity index (χ0n) is 24.4. The van der Waals surface area contributed by atoms with Gasteiger partial charge in [-0.2, -0.15) is 0 Å². The van der Waals surface area contributed by atoms with Gasteiger partial charge in [0.2, 0.25) is 0 Å². The average molecular weight is 556 g/mol. The Bertz CT molecular complexity index is 684. The van der Waals surface area contributed by atoms with Gasteiger partial charge in [0.1, 0.15) is 0 Å². The highest BCUT2D eigenvalue weighted by Crippen LogP contribution is 2.49. The lowest BCUT2D eigenvalue weighted by Gasteiger charge is -2.52. The lowest BCUT2D eigenvalue weighted by atomic mass is 9.59. The van der Waals surface area contributed by atoms with Crippen LogP contribution < -0.4 is 0 Å². The standard InChI is InChI=1S/C32H57NO4.ClH/c1-31(2,30(35)36)25-17-15-24(16-18-25)29(34)14-9-21-33-22-19-28(20-23-33)32(37,26-10-5-3-6-11-26)27-12-7-4-8-13-27;/h24-29,34,37H,3-23H2,1-2H3,(H,35,36);1H. The third-order valence-electron chi connectivity index (χ3n) is 11.6. The highest BCUT2D eigenvalue weighted by Gasteiger charge is 2.50. The molecule has 1 aliphatic heterocycles. The molecule has 3 saturated carbocycles. The third kappa shape index (κ3) is 7.47. The molecule has 3 N–H and O–H groups in total. The number of aliphatic carboxylic acids is 1. The number of nitrogens with zero attached hydrogens (tertiary/aromatic N) is 1. The topological polar surface area (TPSA) is 81.0 Å². The second kappa shape index (κ2) is 14.5. The first-order valence-corrected chi connectivity index (χ1v) is 16.1. The molecule has 1 unspecified atom stereocenters. The summed E-state index contributed by atoms with van der Waals surface area (Å²) in [5.41, 5.74) is -1.10. The number of rotatable bonds is 10. The second-order valence-corrected chi connectivity index (χ2v) is 14.0. The molecule has 5 nitrogen and oxygen atoms in total. The van der Waals surface area contributed by atoms with E-state index in [1.807, 2.05) is 13.8 Å². The lowest BCUT2D eigenvalue weighted by Crippen LogP contribution is -2.55. The summed E-state index contributed by atoms with van der Waals surface area (Å²) in [6, 6.07) is 0. The Kier molecular flexibility index (Phi) is 12.3. The predicted molar refractivity (Wildman–Crippen MR) is 157 cm³/mol. The third-order valence-corrected chi connectivity index (χ3v) is 11.6. The number of halogens is 1. The van der Waals surface area contributed by atoms with Crippen LogP contribution in [0.25, 0.3) is 0 Å². The van der Waals surface area contributed by atoms with E-state index in [0.717, 1.165) is 71.0 Å². The van der Waals surface area contributed by atoms with Crippen molar-refractivity contribution in [2.45, 2.75) is 141 Å². The number of piperidine rings is 1. The van der Waals surface area contributed by atoms with Crippen LogP contribution in [0.2, 0.25) is 0 Å². The molecule has 4 aliphatic rings. The first kappa shape index (κ1) is 32.2. The molecule has 0 bridgehead atoms. The van der Waals surface area contributed by atoms with Crippen LogP contribution in [0.4, 0.5) is 0 Å². The molecule has 0 aromatic carbocycles. The molecule has 4 fully saturated rings. The maximum atomic E-state index is 12.4. The van der Waals surface area contributed by atoms with E-state index in [4.69, 9.17) is 0 Å². The van der Waals surface area contributed by atoms with Crippen LogP contribution in [-0.2, 0) is 4.79 Å². The quantitative estimate of drug-likeness (QED) is 0.268. The summed E-state index contributed by atoms with van der Waals surface area (Å²) in [5, 5.41) is 32.8. The number of carboxylic acids is 1. The molecule has 4 rings (SSSR count). The van der Waals surface area contributed by atoms with Crippen molar-refractivity contribution in [2.24, 2.45) is 35.0 Å². The number of carboxylic acid groups (broad SMARTS) is 1. The number of aliphatic hydroxyl groups excluding tert-OH is 1. The highest BCUT2D eigenvalue weighted by molar-refractivity contribution is 5.85. The summed E-state index contributed by atoms with van der Waals surface area (Å²) in [6.07, 6.45) is 20.5. The molecule has 38 heavy (non-hydrogen) atoms. The van der Waals surface area contributed by atoms with Gasteiger partial charge in [-0.05, 0) is 140 Å². The van der Waals surface area contributed by atoms with Crippen molar-refractivity contribution in [2.75, 3.05) is 19.6 Å². The largest absolute Gasteiger partial charge is 0.481 e. The van der Waals surface area contributed by atoms with Gasteiger partial charge in [-0.15, -0.1) is 12.4 Å². The summed E-state index contributed by atoms with van der Waals surface area (Å²) >= 11 is 0. The fourth-order valence-electron chi connectivity index (χ4n) is 8.91. The minimum absolute atomic E-state index is 0. The Hall–Kier alpha value is -0.360. The van der Waals surface area contributed by atoms with Crippen molar-refractivity contribution in [3.8, 4) is 0 Å². The van der Waals surface area contributed by atoms with Gasteiger partial charge in [0.05, 0.1) is 17.1 Å². The van der Waals surface area contributed by atoms with E-state index < -0.39 is 17.0 Å². The molecule has 1 atom stereocenters. The molecule has 0 amide bonds. The fraction of sp³-hybridized carbons (Fsp3) is 0.969. The first-order valence-electron chi connectivity index (χ1n) is 16.1. The second-order valence-electron chi connectivity index (χ2n) is 14.0. The van der Waals surface area contributed by atoms with Crippen LogP contribution in [0.3, 0.4) is 0 Å². The van der Waals surface area contributed by atoms with Crippen LogP contribution in [0, 0.1) is 35.0 Å². The van der Waals surface area contributed by atoms with Gasteiger partial charge < -0.3 is 20.2 Å². The van der Waals surface area contributed by atoms with Crippen molar-refractivity contribution < 1.29 is 20.1 Å². The van der Waals surface area contributed by atoms with Crippen LogP contribution in [0.1, 0.15) is 129 Å². The van der Waals surface area contributed by atoms with Gasteiger partial charge in [-0.3, -0.25) is 4.79 Å². The van der Waals surface area contributed by atoms with Gasteiger partial charge in [0, 0.05) is 0 Å². The summed E-state index contributed by atoms with van der Waals surface area (Å²) in [5.74, 6) is 1.35. The maximum Gasteiger partial charge on any atom is 0.309 e. The molecule has 0 aromatic rings. The molecule has 0 spiro atoms. The van der Waals surface area contributed by atoms with Crippen LogP contribution in [0.5, 0.6) is 0 Å². The van der Waals surface area contributed by atoms with Crippen molar-refractivity contribution >= 4 is 18.4 Å². The van der Waals surface area contributed by atoms with Crippen LogP contribution >= 0.6 is 12.4 Å². The SMILES string of the molecule is CC(C)(C(=O)O)C1CCC(C(O)CCCN2CCC(C(O)(C3CCCCC3)C3CCCCC3)CC2)CC1.Cl. The molecule has 3 aliphatic carbocycles. The maximum absolute atomic E-state index is 12.4. The molecule has 1 heterocycles. The Labute approximate surface area is 238 Å². The van der Waals surface area contributed by atoms with E-state index in [9.17, 15) is 20.1 Å². The summed E-state index contributed by atoms with van der Waals surface area (Å²) in [4.78, 5) is 14.2. The zero-order valence-corrected chi connectivity index (χ0v) is 25.2. The van der Waals surface area contributed by atoms with E-state index in [1.54, 1.807) is 0 Å². The fourth-order valence-corrected chi connectivity index (χ4v) is 8.91. The van der Waals surface area contributed by atoms with Crippen molar-refractivity contribution in [3.63, 3.8) is 0 Å². The molecule has 1 saturated heterocycles. The van der Waals surface area contributed by atoms with E-state index >= 15 is 0 Å². The number of hydrogen-bond donors (Lipinski definition) is 3. The van der Waals surface area contributed by atoms with Crippen molar-refractivity contribution in [3.05, 3.63) is 0 Å². The number of likely N-dealkylation sites (tertiary alicyclic amines) is 1. The van der Waals surface area contributed by atoms with Crippen LogP contribution in [-0.4, -0.2) is 57.5 Å². The predicted octanol–water partition coefficient (Wildman–Crippen LogP) is 7.07. The molecule has 6 heteroatoms. The van der Waals surface area contributed by atoms with Gasteiger partial charge in [0.15, 0.2) is 0 Å². The van der Waals surface area contributed by atoms with E-state index in [2.05, 4.69) is 4.90 Å². The molecule has 0 aromatic heterocycles. The first-order chi connectivity index (χ1) is 17.7. The average Bonchev–Trinajstić information content (AvgIpc) is 2.94. The minimum Gasteiger partial charge on any atom is -0.481 e. The summed E-state index contributed by atoms with van der Waals surface area (Å²) in [6.45, 7) is 6.95. The number of carbonyl (C=O) groups is 1. The molecule has 0 radical (unpaired) electrons. The summed E-state index contributed by atoms with van der Waals surface area (Å²) in [7, 11) is 0. The Morgan fingerprint density at radius 3 is 1.71 bits per heavy atom. The zero-order chi connectivity index (χ0) is 26.5. The number of hydrogen-bond acceptors (Lipinski definition) is 4. The van der Waals surface area contributed by atoms with Gasteiger partial charge in [0.25, 0.3) is 0 Å². The van der Waals surface area contributed by atoms with E-state index in [1.165, 1.54) is 64.2 Å². The smallest absolute Gasteiger partial charge is 0.309 e. The molecular weight excluding hydrogens is 498 g/mol. The number of aliphatic hydroxyl groups is 2. The highest BCUT2D eigenvalue weighted by atomic mass is 35.5. The molecular formula is C32H58ClNO4. The van der Waals surface area contributed by atoms with Gasteiger partial charge in [-0.25, -0.2) is 0 Å². The monoisotopic (exact) mass is 555 g/mol. The van der Waals surface area contributed by atoms with E-state index in [-0.39, 0.29) is 24.4 Å². The van der Waals surface area contributed by atoms with Crippen molar-refractivity contribution in [1.29, 1.82) is 0 Å². The Morgan fingerprint density at radius 1 is 0.763 bits per heavy atom. The Balaban J connectivity index is 0.00000400.